The second-order valence-electron chi connectivity index (χ2n) is 3.24. The Kier molecular flexibility index (Phi) is 3.41. The summed E-state index contributed by atoms with van der Waals surface area (Å²) in [4.78, 5) is 0. The average Bonchev–Trinajstić information content (AvgIpc) is 2.21. The van der Waals surface area contributed by atoms with Crippen molar-refractivity contribution in [3.05, 3.63) is 23.8 Å². The average molecular weight is 190 g/mol. The van der Waals surface area contributed by atoms with Crippen molar-refractivity contribution in [2.24, 2.45) is 5.92 Å². The van der Waals surface area contributed by atoms with E-state index in [1.165, 1.54) is 7.11 Å². The van der Waals surface area contributed by atoms with Crippen LogP contribution in [0.25, 0.3) is 0 Å². The number of hydrogen-bond donors (Lipinski definition) is 1. The highest BCUT2D eigenvalue weighted by Crippen LogP contribution is 2.30. The van der Waals surface area contributed by atoms with Crippen molar-refractivity contribution in [3.8, 4) is 23.8 Å². The first-order valence-electron chi connectivity index (χ1n) is 4.50. The van der Waals surface area contributed by atoms with Crippen molar-refractivity contribution in [1.29, 1.82) is 0 Å². The first-order chi connectivity index (χ1) is 6.69. The van der Waals surface area contributed by atoms with Gasteiger partial charge in [-0.05, 0) is 18.1 Å². The van der Waals surface area contributed by atoms with E-state index in [4.69, 9.17) is 11.2 Å². The lowest BCUT2D eigenvalue weighted by molar-refractivity contribution is 0.370. The molecule has 0 aliphatic rings. The van der Waals surface area contributed by atoms with Crippen molar-refractivity contribution < 1.29 is 9.84 Å². The molecule has 1 atom stereocenters. The van der Waals surface area contributed by atoms with Gasteiger partial charge in [0.1, 0.15) is 0 Å². The molecule has 1 aromatic rings. The molecule has 14 heavy (non-hydrogen) atoms. The molecule has 0 saturated carbocycles. The number of para-hydroxylation sites is 1. The molecule has 0 bridgehead atoms. The van der Waals surface area contributed by atoms with Crippen LogP contribution in [0.5, 0.6) is 11.5 Å². The van der Waals surface area contributed by atoms with Crippen LogP contribution in [0.1, 0.15) is 12.5 Å². The number of phenols is 1. The number of phenolic OH excluding ortho intramolecular Hbond substituents is 1. The number of benzene rings is 1. The van der Waals surface area contributed by atoms with Crippen LogP contribution >= 0.6 is 0 Å². The van der Waals surface area contributed by atoms with Gasteiger partial charge in [-0.2, -0.15) is 0 Å². The minimum absolute atomic E-state index is 0.119. The van der Waals surface area contributed by atoms with Crippen molar-refractivity contribution in [1.82, 2.24) is 0 Å². The van der Waals surface area contributed by atoms with Crippen molar-refractivity contribution in [2.75, 3.05) is 7.11 Å². The van der Waals surface area contributed by atoms with Gasteiger partial charge >= 0.3 is 0 Å². The predicted molar refractivity (Wildman–Crippen MR) is 56.4 cm³/mol. The molecule has 0 spiro atoms. The fraction of sp³-hybridized carbons (Fsp3) is 0.333. The minimum Gasteiger partial charge on any atom is -0.504 e. The number of methoxy groups -OCH3 is 1. The van der Waals surface area contributed by atoms with Crippen molar-refractivity contribution >= 4 is 0 Å². The van der Waals surface area contributed by atoms with Gasteiger partial charge < -0.3 is 9.84 Å². The summed E-state index contributed by atoms with van der Waals surface area (Å²) >= 11 is 0. The summed E-state index contributed by atoms with van der Waals surface area (Å²) in [6.07, 6.45) is 5.94. The highest BCUT2D eigenvalue weighted by Gasteiger charge is 2.09. The van der Waals surface area contributed by atoms with Gasteiger partial charge in [0.15, 0.2) is 11.5 Å². The maximum atomic E-state index is 9.74. The fourth-order valence-electron chi connectivity index (χ4n) is 1.29. The molecule has 0 amide bonds. The Labute approximate surface area is 84.5 Å². The summed E-state index contributed by atoms with van der Waals surface area (Å²) in [6, 6.07) is 5.42. The van der Waals surface area contributed by atoms with E-state index in [0.717, 1.165) is 5.56 Å². The van der Waals surface area contributed by atoms with Crippen LogP contribution in [0.3, 0.4) is 0 Å². The number of ether oxygens (including phenoxy) is 1. The number of rotatable bonds is 3. The fourth-order valence-corrected chi connectivity index (χ4v) is 1.29. The third-order valence-corrected chi connectivity index (χ3v) is 2.11. The molecule has 0 aliphatic carbocycles. The highest BCUT2D eigenvalue weighted by atomic mass is 16.5. The zero-order chi connectivity index (χ0) is 10.6. The molecule has 0 radical (unpaired) electrons. The molecule has 0 aromatic heterocycles. The van der Waals surface area contributed by atoms with Gasteiger partial charge in [0.05, 0.1) is 7.11 Å². The molecule has 0 aliphatic heterocycles. The normalized spacial score (nSPS) is 11.8. The summed E-state index contributed by atoms with van der Waals surface area (Å²) in [5, 5.41) is 9.74. The lowest BCUT2D eigenvalue weighted by Gasteiger charge is -2.09. The number of hydrogen-bond acceptors (Lipinski definition) is 2. The van der Waals surface area contributed by atoms with Gasteiger partial charge in [-0.1, -0.05) is 19.1 Å². The molecule has 1 rings (SSSR count). The van der Waals surface area contributed by atoms with Gasteiger partial charge in [0.25, 0.3) is 0 Å². The maximum absolute atomic E-state index is 9.74. The molecule has 0 heterocycles. The van der Waals surface area contributed by atoms with Crippen LogP contribution < -0.4 is 4.74 Å². The first kappa shape index (κ1) is 10.5. The molecule has 0 saturated heterocycles. The summed E-state index contributed by atoms with van der Waals surface area (Å²) in [6.45, 7) is 1.94. The van der Waals surface area contributed by atoms with E-state index < -0.39 is 0 Å². The molecule has 1 unspecified atom stereocenters. The zero-order valence-electron chi connectivity index (χ0n) is 8.45. The van der Waals surface area contributed by atoms with E-state index in [2.05, 4.69) is 5.92 Å². The topological polar surface area (TPSA) is 29.5 Å². The third-order valence-electron chi connectivity index (χ3n) is 2.11. The number of terminal acetylenes is 1. The lowest BCUT2D eigenvalue weighted by atomic mass is 10.0. The zero-order valence-corrected chi connectivity index (χ0v) is 8.45. The lowest BCUT2D eigenvalue weighted by Crippen LogP contribution is -1.97. The summed E-state index contributed by atoms with van der Waals surface area (Å²) in [7, 11) is 1.53. The van der Waals surface area contributed by atoms with Gasteiger partial charge in [-0.3, -0.25) is 0 Å². The Hall–Kier alpha value is -1.62. The van der Waals surface area contributed by atoms with Crippen LogP contribution in [0.2, 0.25) is 0 Å². The van der Waals surface area contributed by atoms with Gasteiger partial charge in [-0.15, -0.1) is 12.3 Å². The Balaban J connectivity index is 2.93. The molecule has 1 aromatic carbocycles. The number of aromatic hydroxyl groups is 1. The Morgan fingerprint density at radius 3 is 2.86 bits per heavy atom. The van der Waals surface area contributed by atoms with Crippen LogP contribution in [-0.2, 0) is 6.42 Å². The van der Waals surface area contributed by atoms with Crippen molar-refractivity contribution in [3.63, 3.8) is 0 Å². The second-order valence-corrected chi connectivity index (χ2v) is 3.24. The summed E-state index contributed by atoms with van der Waals surface area (Å²) in [5.41, 5.74) is 0.829. The Morgan fingerprint density at radius 2 is 2.29 bits per heavy atom. The van der Waals surface area contributed by atoms with Gasteiger partial charge in [-0.25, -0.2) is 0 Å². The smallest absolute Gasteiger partial charge is 0.160 e. The van der Waals surface area contributed by atoms with Gasteiger partial charge in [0, 0.05) is 5.92 Å². The monoisotopic (exact) mass is 190 g/mol. The molecule has 2 heteroatoms. The van der Waals surface area contributed by atoms with E-state index in [-0.39, 0.29) is 11.7 Å². The highest BCUT2D eigenvalue weighted by molar-refractivity contribution is 5.45. The molecule has 74 valence electrons. The van der Waals surface area contributed by atoms with E-state index in [1.807, 2.05) is 19.1 Å². The van der Waals surface area contributed by atoms with Gasteiger partial charge in [0.2, 0.25) is 0 Å². The summed E-state index contributed by atoms with van der Waals surface area (Å²) in [5.74, 6) is 3.43. The standard InChI is InChI=1S/C12H14O2/c1-4-9(2)8-10-6-5-7-11(14-3)12(10)13/h1,5-7,9,13H,8H2,2-3H3. The van der Waals surface area contributed by atoms with Crippen LogP contribution in [0.15, 0.2) is 18.2 Å². The first-order valence-corrected chi connectivity index (χ1v) is 4.50. The van der Waals surface area contributed by atoms with Crippen LogP contribution in [0.4, 0.5) is 0 Å². The maximum Gasteiger partial charge on any atom is 0.160 e. The van der Waals surface area contributed by atoms with E-state index in [9.17, 15) is 5.11 Å². The predicted octanol–water partition coefficient (Wildman–Crippen LogP) is 2.21. The molecule has 2 nitrogen and oxygen atoms in total. The van der Waals surface area contributed by atoms with E-state index >= 15 is 0 Å². The Morgan fingerprint density at radius 1 is 1.57 bits per heavy atom. The second kappa shape index (κ2) is 4.57. The van der Waals surface area contributed by atoms with Crippen LogP contribution in [0, 0.1) is 18.3 Å². The SMILES string of the molecule is C#CC(C)Cc1cccc(OC)c1O. The van der Waals surface area contributed by atoms with E-state index in [1.54, 1.807) is 6.07 Å². The molecular formula is C12H14O2. The molecule has 0 fully saturated rings. The van der Waals surface area contributed by atoms with Crippen LogP contribution in [-0.4, -0.2) is 12.2 Å². The largest absolute Gasteiger partial charge is 0.504 e. The quantitative estimate of drug-likeness (QED) is 0.740. The minimum atomic E-state index is 0.119. The summed E-state index contributed by atoms with van der Waals surface area (Å²) < 4.78 is 5.00. The van der Waals surface area contributed by atoms with Crippen molar-refractivity contribution in [2.45, 2.75) is 13.3 Å². The molecule has 1 N–H and O–H groups in total. The third kappa shape index (κ3) is 2.20. The van der Waals surface area contributed by atoms with E-state index in [0.29, 0.717) is 12.2 Å². The molecular weight excluding hydrogens is 176 g/mol. The Bertz CT molecular complexity index is 350.